The fourth-order valence-corrected chi connectivity index (χ4v) is 2.74. The molecule has 5 nitrogen and oxygen atoms in total. The quantitative estimate of drug-likeness (QED) is 0.884. The fraction of sp³-hybridized carbons (Fsp3) is 0.375. The van der Waals surface area contributed by atoms with Crippen molar-refractivity contribution in [2.45, 2.75) is 38.5 Å². The average molecular weight is 284 g/mol. The van der Waals surface area contributed by atoms with Crippen LogP contribution in [0.4, 0.5) is 0 Å². The first kappa shape index (κ1) is 13.8. The maximum Gasteiger partial charge on any atom is 0.237 e. The molecule has 0 radical (unpaired) electrons. The van der Waals surface area contributed by atoms with Crippen LogP contribution in [0, 0.1) is 0 Å². The van der Waals surface area contributed by atoms with E-state index in [1.165, 1.54) is 11.1 Å². The van der Waals surface area contributed by atoms with Crippen molar-refractivity contribution in [1.82, 2.24) is 20.2 Å². The van der Waals surface area contributed by atoms with Crippen LogP contribution in [0.2, 0.25) is 0 Å². The van der Waals surface area contributed by atoms with E-state index in [1.807, 2.05) is 29.8 Å². The first-order chi connectivity index (χ1) is 10.2. The van der Waals surface area contributed by atoms with Gasteiger partial charge in [0.05, 0.1) is 12.4 Å². The molecule has 1 aromatic carbocycles. The molecule has 3 rings (SSSR count). The predicted molar refractivity (Wildman–Crippen MR) is 80.6 cm³/mol. The number of imidazole rings is 1. The Hall–Kier alpha value is -2.14. The number of rotatable bonds is 4. The van der Waals surface area contributed by atoms with E-state index < -0.39 is 0 Å². The number of amides is 1. The molecule has 0 saturated carbocycles. The summed E-state index contributed by atoms with van der Waals surface area (Å²) < 4.78 is 1.97. The molecule has 2 heterocycles. The third-order valence-corrected chi connectivity index (χ3v) is 3.83. The van der Waals surface area contributed by atoms with Crippen LogP contribution in [-0.4, -0.2) is 27.5 Å². The van der Waals surface area contributed by atoms with Crippen molar-refractivity contribution in [3.8, 4) is 0 Å². The normalized spacial score (nSPS) is 18.8. The van der Waals surface area contributed by atoms with Crippen LogP contribution in [-0.2, 0) is 24.3 Å². The van der Waals surface area contributed by atoms with Gasteiger partial charge in [0, 0.05) is 31.5 Å². The van der Waals surface area contributed by atoms with Gasteiger partial charge in [-0.2, -0.15) is 0 Å². The van der Waals surface area contributed by atoms with Gasteiger partial charge in [-0.15, -0.1) is 0 Å². The fourth-order valence-electron chi connectivity index (χ4n) is 2.74. The largest absolute Gasteiger partial charge is 0.350 e. The maximum atomic E-state index is 12.3. The Bertz CT molecular complexity index is 608. The second-order valence-electron chi connectivity index (χ2n) is 5.58. The molecule has 110 valence electrons. The zero-order valence-electron chi connectivity index (χ0n) is 12.1. The van der Waals surface area contributed by atoms with E-state index >= 15 is 0 Å². The van der Waals surface area contributed by atoms with Gasteiger partial charge in [-0.3, -0.25) is 4.79 Å². The maximum absolute atomic E-state index is 12.3. The van der Waals surface area contributed by atoms with Crippen molar-refractivity contribution in [2.75, 3.05) is 0 Å². The minimum absolute atomic E-state index is 0.0668. The lowest BCUT2D eigenvalue weighted by atomic mass is 9.95. The Labute approximate surface area is 124 Å². The van der Waals surface area contributed by atoms with Gasteiger partial charge in [0.2, 0.25) is 5.91 Å². The van der Waals surface area contributed by atoms with Gasteiger partial charge in [0.25, 0.3) is 0 Å². The van der Waals surface area contributed by atoms with E-state index in [2.05, 4.69) is 27.8 Å². The summed E-state index contributed by atoms with van der Waals surface area (Å²) in [6, 6.07) is 8.20. The van der Waals surface area contributed by atoms with E-state index in [-0.39, 0.29) is 18.0 Å². The van der Waals surface area contributed by atoms with Gasteiger partial charge >= 0.3 is 0 Å². The number of aromatic nitrogens is 2. The third kappa shape index (κ3) is 3.31. The molecule has 5 heteroatoms. The Morgan fingerprint density at radius 1 is 1.48 bits per heavy atom. The summed E-state index contributed by atoms with van der Waals surface area (Å²) in [6.07, 6.45) is 6.16. The highest BCUT2D eigenvalue weighted by Crippen LogP contribution is 2.16. The third-order valence-electron chi connectivity index (χ3n) is 3.83. The van der Waals surface area contributed by atoms with Crippen molar-refractivity contribution in [3.63, 3.8) is 0 Å². The highest BCUT2D eigenvalue weighted by molar-refractivity contribution is 5.82. The molecular weight excluding hydrogens is 264 g/mol. The number of hydrogen-bond acceptors (Lipinski definition) is 3. The van der Waals surface area contributed by atoms with Crippen LogP contribution in [0.3, 0.4) is 0 Å². The molecule has 1 aliphatic heterocycles. The monoisotopic (exact) mass is 284 g/mol. The summed E-state index contributed by atoms with van der Waals surface area (Å²) in [6.45, 7) is 3.49. The van der Waals surface area contributed by atoms with Gasteiger partial charge in [-0.1, -0.05) is 24.3 Å². The van der Waals surface area contributed by atoms with Gasteiger partial charge in [-0.25, -0.2) is 4.98 Å². The van der Waals surface area contributed by atoms with E-state index in [1.54, 1.807) is 12.5 Å². The second kappa shape index (κ2) is 6.10. The molecule has 21 heavy (non-hydrogen) atoms. The Morgan fingerprint density at radius 2 is 2.29 bits per heavy atom. The van der Waals surface area contributed by atoms with Crippen molar-refractivity contribution in [1.29, 1.82) is 0 Å². The first-order valence-electron chi connectivity index (χ1n) is 7.28. The van der Waals surface area contributed by atoms with Crippen LogP contribution in [0.15, 0.2) is 43.0 Å². The topological polar surface area (TPSA) is 59.0 Å². The van der Waals surface area contributed by atoms with Crippen LogP contribution in [0.25, 0.3) is 0 Å². The molecule has 0 saturated heterocycles. The van der Waals surface area contributed by atoms with Gasteiger partial charge in [-0.05, 0) is 24.5 Å². The molecule has 1 aliphatic rings. The van der Waals surface area contributed by atoms with E-state index in [4.69, 9.17) is 0 Å². The molecule has 2 aromatic rings. The summed E-state index contributed by atoms with van der Waals surface area (Å²) in [5.74, 6) is 0.0668. The molecule has 1 amide bonds. The number of carbonyl (C=O) groups is 1. The van der Waals surface area contributed by atoms with Crippen LogP contribution in [0.5, 0.6) is 0 Å². The van der Waals surface area contributed by atoms with E-state index in [0.29, 0.717) is 0 Å². The summed E-state index contributed by atoms with van der Waals surface area (Å²) in [4.78, 5) is 16.4. The zero-order chi connectivity index (χ0) is 14.7. The Balaban J connectivity index is 1.56. The molecule has 0 fully saturated rings. The lowest BCUT2D eigenvalue weighted by Crippen LogP contribution is -2.50. The van der Waals surface area contributed by atoms with Gasteiger partial charge in [0.1, 0.15) is 0 Å². The lowest BCUT2D eigenvalue weighted by Gasteiger charge is -2.26. The van der Waals surface area contributed by atoms with E-state index in [0.717, 1.165) is 19.5 Å². The van der Waals surface area contributed by atoms with Crippen molar-refractivity contribution < 1.29 is 4.79 Å². The molecule has 2 unspecified atom stereocenters. The van der Waals surface area contributed by atoms with Gasteiger partial charge in [0.15, 0.2) is 0 Å². The first-order valence-corrected chi connectivity index (χ1v) is 7.28. The minimum atomic E-state index is -0.148. The SMILES string of the molecule is CC(Cn1ccnc1)NC(=O)C1Cc2ccccc2CN1. The predicted octanol–water partition coefficient (Wildman–Crippen LogP) is 1.10. The Morgan fingerprint density at radius 3 is 3.05 bits per heavy atom. The minimum Gasteiger partial charge on any atom is -0.350 e. The van der Waals surface area contributed by atoms with E-state index in [9.17, 15) is 4.79 Å². The number of hydrogen-bond donors (Lipinski definition) is 2. The number of benzene rings is 1. The molecule has 0 spiro atoms. The van der Waals surface area contributed by atoms with Crippen LogP contribution >= 0.6 is 0 Å². The number of carbonyl (C=O) groups excluding carboxylic acids is 1. The molecule has 0 bridgehead atoms. The lowest BCUT2D eigenvalue weighted by molar-refractivity contribution is -0.124. The highest BCUT2D eigenvalue weighted by Gasteiger charge is 2.24. The smallest absolute Gasteiger partial charge is 0.237 e. The summed E-state index contributed by atoms with van der Waals surface area (Å²) in [5, 5.41) is 6.38. The standard InChI is InChI=1S/C16H20N4O/c1-12(10-20-7-6-17-11-20)19-16(21)15-8-13-4-2-3-5-14(13)9-18-15/h2-7,11-12,15,18H,8-10H2,1H3,(H,19,21). The molecule has 2 N–H and O–H groups in total. The molecule has 2 atom stereocenters. The molecular formula is C16H20N4O. The molecule has 1 aromatic heterocycles. The van der Waals surface area contributed by atoms with Gasteiger partial charge < -0.3 is 15.2 Å². The highest BCUT2D eigenvalue weighted by atomic mass is 16.2. The number of nitrogens with zero attached hydrogens (tertiary/aromatic N) is 2. The number of nitrogens with one attached hydrogen (secondary N) is 2. The zero-order valence-corrected chi connectivity index (χ0v) is 12.1. The summed E-state index contributed by atoms with van der Waals surface area (Å²) in [7, 11) is 0. The second-order valence-corrected chi connectivity index (χ2v) is 5.58. The molecule has 0 aliphatic carbocycles. The van der Waals surface area contributed by atoms with Crippen molar-refractivity contribution in [3.05, 3.63) is 54.1 Å². The summed E-state index contributed by atoms with van der Waals surface area (Å²) >= 11 is 0. The number of fused-ring (bicyclic) bond motifs is 1. The summed E-state index contributed by atoms with van der Waals surface area (Å²) in [5.41, 5.74) is 2.55. The average Bonchev–Trinajstić information content (AvgIpc) is 2.99. The van der Waals surface area contributed by atoms with Crippen LogP contribution < -0.4 is 10.6 Å². The van der Waals surface area contributed by atoms with Crippen LogP contribution in [0.1, 0.15) is 18.1 Å². The van der Waals surface area contributed by atoms with Crippen molar-refractivity contribution >= 4 is 5.91 Å². The Kier molecular flexibility index (Phi) is 4.01. The van der Waals surface area contributed by atoms with Crippen molar-refractivity contribution in [2.24, 2.45) is 0 Å².